The maximum Gasteiger partial charge on any atom is 0.308 e. The molecule has 0 saturated carbocycles. The van der Waals surface area contributed by atoms with Crippen molar-refractivity contribution < 1.29 is 19.4 Å². The van der Waals surface area contributed by atoms with Gasteiger partial charge in [-0.15, -0.1) is 0 Å². The Hall–Kier alpha value is -2.82. The highest BCUT2D eigenvalue weighted by atomic mass is 16.5. The van der Waals surface area contributed by atoms with E-state index in [4.69, 9.17) is 4.74 Å². The SMILES string of the molecule is C[C@@H]1CN(C(=O)c2cccc(Oc3ccccc3)c2)C[C@H]1C(=O)O. The Balaban J connectivity index is 1.74. The standard InChI is InChI=1S/C19H19NO4/c1-13-11-20(12-17(13)19(22)23)18(21)14-6-5-9-16(10-14)24-15-7-3-2-4-8-15/h2-10,13,17H,11-12H2,1H3,(H,22,23)/t13-,17-/m1/s1. The first-order valence-electron chi connectivity index (χ1n) is 7.89. The molecule has 5 nitrogen and oxygen atoms in total. The molecule has 1 N–H and O–H groups in total. The third-order valence-electron chi connectivity index (χ3n) is 4.28. The summed E-state index contributed by atoms with van der Waals surface area (Å²) in [5.74, 6) is -0.284. The zero-order chi connectivity index (χ0) is 17.1. The number of carbonyl (C=O) groups excluding carboxylic acids is 1. The lowest BCUT2D eigenvalue weighted by Crippen LogP contribution is -2.29. The number of carboxylic acid groups (broad SMARTS) is 1. The number of likely N-dealkylation sites (tertiary alicyclic amines) is 1. The van der Waals surface area contributed by atoms with Gasteiger partial charge in [0.25, 0.3) is 5.91 Å². The molecule has 0 bridgehead atoms. The molecule has 0 aliphatic carbocycles. The van der Waals surface area contributed by atoms with Crippen LogP contribution in [0.4, 0.5) is 0 Å². The summed E-state index contributed by atoms with van der Waals surface area (Å²) in [6, 6.07) is 16.3. The molecule has 0 radical (unpaired) electrons. The molecular weight excluding hydrogens is 306 g/mol. The molecule has 124 valence electrons. The van der Waals surface area contributed by atoms with Crippen LogP contribution in [0.1, 0.15) is 17.3 Å². The van der Waals surface area contributed by atoms with Crippen molar-refractivity contribution in [3.8, 4) is 11.5 Å². The van der Waals surface area contributed by atoms with Crippen molar-refractivity contribution in [2.45, 2.75) is 6.92 Å². The van der Waals surface area contributed by atoms with Crippen LogP contribution in [0, 0.1) is 11.8 Å². The molecule has 2 atom stereocenters. The molecule has 1 heterocycles. The fourth-order valence-corrected chi connectivity index (χ4v) is 2.95. The highest BCUT2D eigenvalue weighted by Crippen LogP contribution is 2.26. The molecule has 0 aromatic heterocycles. The Kier molecular flexibility index (Phi) is 4.51. The number of carboxylic acids is 1. The maximum atomic E-state index is 12.6. The summed E-state index contributed by atoms with van der Waals surface area (Å²) >= 11 is 0. The molecule has 0 unspecified atom stereocenters. The number of benzene rings is 2. The van der Waals surface area contributed by atoms with Crippen LogP contribution < -0.4 is 4.74 Å². The van der Waals surface area contributed by atoms with E-state index in [2.05, 4.69) is 0 Å². The van der Waals surface area contributed by atoms with E-state index in [9.17, 15) is 14.7 Å². The van der Waals surface area contributed by atoms with E-state index in [-0.39, 0.29) is 18.4 Å². The second-order valence-corrected chi connectivity index (χ2v) is 6.08. The Labute approximate surface area is 140 Å². The molecule has 2 aromatic carbocycles. The lowest BCUT2D eigenvalue weighted by molar-refractivity contribution is -0.142. The van der Waals surface area contributed by atoms with Crippen LogP contribution in [0.5, 0.6) is 11.5 Å². The van der Waals surface area contributed by atoms with Gasteiger partial charge in [-0.1, -0.05) is 31.2 Å². The van der Waals surface area contributed by atoms with Crippen LogP contribution in [-0.4, -0.2) is 35.0 Å². The summed E-state index contributed by atoms with van der Waals surface area (Å²) in [4.78, 5) is 25.5. The van der Waals surface area contributed by atoms with Crippen molar-refractivity contribution in [1.29, 1.82) is 0 Å². The normalized spacial score (nSPS) is 20.0. The molecule has 0 spiro atoms. The third-order valence-corrected chi connectivity index (χ3v) is 4.28. The van der Waals surface area contributed by atoms with Crippen molar-refractivity contribution >= 4 is 11.9 Å². The number of aliphatic carboxylic acids is 1. The van der Waals surface area contributed by atoms with Crippen molar-refractivity contribution in [2.24, 2.45) is 11.8 Å². The third kappa shape index (κ3) is 3.40. The van der Waals surface area contributed by atoms with Gasteiger partial charge >= 0.3 is 5.97 Å². The molecule has 24 heavy (non-hydrogen) atoms. The van der Waals surface area contributed by atoms with E-state index < -0.39 is 11.9 Å². The summed E-state index contributed by atoms with van der Waals surface area (Å²) in [7, 11) is 0. The molecule has 1 amide bonds. The number of para-hydroxylation sites is 1. The Morgan fingerprint density at radius 3 is 2.42 bits per heavy atom. The minimum Gasteiger partial charge on any atom is -0.481 e. The zero-order valence-corrected chi connectivity index (χ0v) is 13.4. The summed E-state index contributed by atoms with van der Waals surface area (Å²) in [6.45, 7) is 2.57. The number of hydrogen-bond acceptors (Lipinski definition) is 3. The molecule has 3 rings (SSSR count). The Morgan fingerprint density at radius 1 is 1.04 bits per heavy atom. The summed E-state index contributed by atoms with van der Waals surface area (Å²) < 4.78 is 5.75. The van der Waals surface area contributed by atoms with Gasteiger partial charge in [-0.25, -0.2) is 0 Å². The highest BCUT2D eigenvalue weighted by molar-refractivity contribution is 5.95. The molecule has 5 heteroatoms. The molecule has 1 aliphatic heterocycles. The fourth-order valence-electron chi connectivity index (χ4n) is 2.95. The first-order chi connectivity index (χ1) is 11.5. The monoisotopic (exact) mass is 325 g/mol. The number of amides is 1. The quantitative estimate of drug-likeness (QED) is 0.937. The van der Waals surface area contributed by atoms with Gasteiger partial charge in [-0.3, -0.25) is 9.59 Å². The minimum absolute atomic E-state index is 0.0461. The number of hydrogen-bond donors (Lipinski definition) is 1. The van der Waals surface area contributed by atoms with E-state index in [0.717, 1.165) is 0 Å². The van der Waals surface area contributed by atoms with E-state index in [1.807, 2.05) is 37.3 Å². The smallest absolute Gasteiger partial charge is 0.308 e. The number of rotatable bonds is 4. The first-order valence-corrected chi connectivity index (χ1v) is 7.89. The van der Waals surface area contributed by atoms with E-state index in [1.54, 1.807) is 29.2 Å². The number of carbonyl (C=O) groups is 2. The highest BCUT2D eigenvalue weighted by Gasteiger charge is 2.37. The number of nitrogens with zero attached hydrogens (tertiary/aromatic N) is 1. The van der Waals surface area contributed by atoms with E-state index >= 15 is 0 Å². The second-order valence-electron chi connectivity index (χ2n) is 6.08. The fraction of sp³-hybridized carbons (Fsp3) is 0.263. The maximum absolute atomic E-state index is 12.6. The lowest BCUT2D eigenvalue weighted by Gasteiger charge is -2.16. The van der Waals surface area contributed by atoms with Crippen LogP contribution in [-0.2, 0) is 4.79 Å². The van der Waals surface area contributed by atoms with Gasteiger partial charge in [0.15, 0.2) is 0 Å². The van der Waals surface area contributed by atoms with Crippen molar-refractivity contribution in [1.82, 2.24) is 4.90 Å². The van der Waals surface area contributed by atoms with Gasteiger partial charge in [0.05, 0.1) is 5.92 Å². The van der Waals surface area contributed by atoms with Gasteiger partial charge in [-0.05, 0) is 36.2 Å². The van der Waals surface area contributed by atoms with Gasteiger partial charge in [0, 0.05) is 18.7 Å². The van der Waals surface area contributed by atoms with Crippen molar-refractivity contribution in [2.75, 3.05) is 13.1 Å². The molecular formula is C19H19NO4. The summed E-state index contributed by atoms with van der Waals surface area (Å²) in [5, 5.41) is 9.20. The first kappa shape index (κ1) is 16.1. The Morgan fingerprint density at radius 2 is 1.75 bits per heavy atom. The Bertz CT molecular complexity index is 744. The van der Waals surface area contributed by atoms with Crippen LogP contribution >= 0.6 is 0 Å². The van der Waals surface area contributed by atoms with Crippen molar-refractivity contribution in [3.63, 3.8) is 0 Å². The zero-order valence-electron chi connectivity index (χ0n) is 13.4. The molecule has 1 aliphatic rings. The molecule has 1 saturated heterocycles. The van der Waals surface area contributed by atoms with Gasteiger partial charge < -0.3 is 14.7 Å². The van der Waals surface area contributed by atoms with Crippen LogP contribution in [0.25, 0.3) is 0 Å². The van der Waals surface area contributed by atoms with E-state index in [0.29, 0.717) is 23.6 Å². The molecule has 2 aromatic rings. The van der Waals surface area contributed by atoms with Crippen LogP contribution in [0.3, 0.4) is 0 Å². The summed E-state index contributed by atoms with van der Waals surface area (Å²) in [6.07, 6.45) is 0. The van der Waals surface area contributed by atoms with Gasteiger partial charge in [0.2, 0.25) is 0 Å². The average molecular weight is 325 g/mol. The average Bonchev–Trinajstić information content (AvgIpc) is 2.97. The number of ether oxygens (including phenoxy) is 1. The largest absolute Gasteiger partial charge is 0.481 e. The minimum atomic E-state index is -0.848. The molecule has 1 fully saturated rings. The second kappa shape index (κ2) is 6.74. The predicted molar refractivity (Wildman–Crippen MR) is 89.2 cm³/mol. The van der Waals surface area contributed by atoms with Crippen LogP contribution in [0.2, 0.25) is 0 Å². The predicted octanol–water partition coefficient (Wildman–Crippen LogP) is 3.27. The van der Waals surface area contributed by atoms with Gasteiger partial charge in [-0.2, -0.15) is 0 Å². The van der Waals surface area contributed by atoms with Gasteiger partial charge in [0.1, 0.15) is 11.5 Å². The topological polar surface area (TPSA) is 66.8 Å². The lowest BCUT2D eigenvalue weighted by atomic mass is 9.99. The van der Waals surface area contributed by atoms with Crippen LogP contribution in [0.15, 0.2) is 54.6 Å². The van der Waals surface area contributed by atoms with E-state index in [1.165, 1.54) is 0 Å². The van der Waals surface area contributed by atoms with Crippen molar-refractivity contribution in [3.05, 3.63) is 60.2 Å². The summed E-state index contributed by atoms with van der Waals surface area (Å²) in [5.41, 5.74) is 0.502.